The summed E-state index contributed by atoms with van der Waals surface area (Å²) >= 11 is 0. The Balaban J connectivity index is 1.59. The average molecular weight is 368 g/mol. The molecule has 1 atom stereocenters. The minimum absolute atomic E-state index is 0.0137. The number of hydrogen-bond acceptors (Lipinski definition) is 2. The van der Waals surface area contributed by atoms with Crippen molar-refractivity contribution in [2.75, 3.05) is 32.7 Å². The highest BCUT2D eigenvalue weighted by molar-refractivity contribution is 5.94. The molecule has 6 heteroatoms. The molecule has 1 fully saturated rings. The number of hydrogen-bond donors (Lipinski definition) is 0. The van der Waals surface area contributed by atoms with Crippen LogP contribution in [0.3, 0.4) is 0 Å². The van der Waals surface area contributed by atoms with Crippen molar-refractivity contribution in [3.05, 3.63) is 34.9 Å². The number of carbonyl (C=O) groups excluding carboxylic acids is 1. The third kappa shape index (κ3) is 4.78. The number of aryl methyl sites for hydroxylation is 2. The number of fused-ring (bicyclic) bond motifs is 1. The molecule has 1 heterocycles. The molecule has 0 aromatic heterocycles. The van der Waals surface area contributed by atoms with E-state index in [1.807, 2.05) is 12.1 Å². The second-order valence-corrected chi connectivity index (χ2v) is 7.54. The number of halogens is 3. The van der Waals surface area contributed by atoms with Gasteiger partial charge in [0.05, 0.1) is 6.54 Å². The Morgan fingerprint density at radius 2 is 1.96 bits per heavy atom. The van der Waals surface area contributed by atoms with Crippen LogP contribution in [-0.4, -0.2) is 54.6 Å². The van der Waals surface area contributed by atoms with Crippen molar-refractivity contribution in [1.29, 1.82) is 0 Å². The molecule has 26 heavy (non-hydrogen) atoms. The van der Waals surface area contributed by atoms with Crippen LogP contribution in [0.1, 0.15) is 47.7 Å². The molecule has 0 saturated carbocycles. The van der Waals surface area contributed by atoms with Crippen molar-refractivity contribution in [1.82, 2.24) is 9.80 Å². The average Bonchev–Trinajstić information content (AvgIpc) is 3.07. The van der Waals surface area contributed by atoms with Gasteiger partial charge in [-0.2, -0.15) is 13.2 Å². The monoisotopic (exact) mass is 368 g/mol. The standard InChI is InChI=1S/C20H27F3N2O/c1-2-24(14-20(21,22)23)12-15-9-10-25(13-15)19(26)18-8-7-16-5-3-4-6-17(16)11-18/h7-8,11,15H,2-6,9-10,12-14H2,1H3. The quantitative estimate of drug-likeness (QED) is 0.787. The molecule has 3 nitrogen and oxygen atoms in total. The largest absolute Gasteiger partial charge is 0.401 e. The highest BCUT2D eigenvalue weighted by atomic mass is 19.4. The van der Waals surface area contributed by atoms with Crippen LogP contribution in [0.2, 0.25) is 0 Å². The molecule has 1 saturated heterocycles. The normalized spacial score (nSPS) is 20.5. The maximum atomic E-state index is 12.8. The Kier molecular flexibility index (Phi) is 5.90. The van der Waals surface area contributed by atoms with Gasteiger partial charge < -0.3 is 4.90 Å². The zero-order chi connectivity index (χ0) is 18.7. The second-order valence-electron chi connectivity index (χ2n) is 7.54. The summed E-state index contributed by atoms with van der Waals surface area (Å²) < 4.78 is 37.9. The fourth-order valence-electron chi connectivity index (χ4n) is 4.14. The highest BCUT2D eigenvalue weighted by Crippen LogP contribution is 2.25. The summed E-state index contributed by atoms with van der Waals surface area (Å²) in [5.41, 5.74) is 3.34. The predicted molar refractivity (Wildman–Crippen MR) is 95.3 cm³/mol. The number of carbonyl (C=O) groups is 1. The van der Waals surface area contributed by atoms with Gasteiger partial charge in [0.15, 0.2) is 0 Å². The molecule has 3 rings (SSSR count). The molecule has 1 aromatic carbocycles. The minimum Gasteiger partial charge on any atom is -0.338 e. The van der Waals surface area contributed by atoms with Gasteiger partial charge in [0.1, 0.15) is 0 Å². The van der Waals surface area contributed by atoms with Gasteiger partial charge in [-0.25, -0.2) is 0 Å². The van der Waals surface area contributed by atoms with Gasteiger partial charge in [-0.3, -0.25) is 9.69 Å². The fraction of sp³-hybridized carbons (Fsp3) is 0.650. The molecular weight excluding hydrogens is 341 g/mol. The Hall–Kier alpha value is -1.56. The first-order chi connectivity index (χ1) is 12.4. The highest BCUT2D eigenvalue weighted by Gasteiger charge is 2.33. The van der Waals surface area contributed by atoms with E-state index in [0.29, 0.717) is 31.7 Å². The van der Waals surface area contributed by atoms with E-state index in [0.717, 1.165) is 19.3 Å². The molecule has 0 spiro atoms. The van der Waals surface area contributed by atoms with E-state index in [4.69, 9.17) is 0 Å². The van der Waals surface area contributed by atoms with E-state index in [9.17, 15) is 18.0 Å². The minimum atomic E-state index is -4.17. The van der Waals surface area contributed by atoms with E-state index in [2.05, 4.69) is 6.07 Å². The lowest BCUT2D eigenvalue weighted by Gasteiger charge is -2.25. The molecule has 144 valence electrons. The number of amides is 1. The molecule has 0 bridgehead atoms. The van der Waals surface area contributed by atoms with E-state index in [1.165, 1.54) is 28.9 Å². The first-order valence-electron chi connectivity index (χ1n) is 9.56. The van der Waals surface area contributed by atoms with Crippen LogP contribution in [0.15, 0.2) is 18.2 Å². The maximum absolute atomic E-state index is 12.8. The molecule has 0 radical (unpaired) electrons. The maximum Gasteiger partial charge on any atom is 0.401 e. The summed E-state index contributed by atoms with van der Waals surface area (Å²) in [4.78, 5) is 16.0. The van der Waals surface area contributed by atoms with Gasteiger partial charge >= 0.3 is 6.18 Å². The van der Waals surface area contributed by atoms with Crippen LogP contribution in [0, 0.1) is 5.92 Å². The lowest BCUT2D eigenvalue weighted by molar-refractivity contribution is -0.146. The Bertz CT molecular complexity index is 644. The van der Waals surface area contributed by atoms with Gasteiger partial charge in [-0.1, -0.05) is 13.0 Å². The van der Waals surface area contributed by atoms with E-state index < -0.39 is 12.7 Å². The third-order valence-corrected chi connectivity index (χ3v) is 5.54. The van der Waals surface area contributed by atoms with Gasteiger partial charge in [-0.05, 0) is 67.8 Å². The van der Waals surface area contributed by atoms with Crippen LogP contribution >= 0.6 is 0 Å². The zero-order valence-electron chi connectivity index (χ0n) is 15.3. The number of nitrogens with zero attached hydrogens (tertiary/aromatic N) is 2. The second kappa shape index (κ2) is 7.99. The van der Waals surface area contributed by atoms with Gasteiger partial charge in [0, 0.05) is 25.2 Å². The molecule has 2 aliphatic rings. The first-order valence-corrected chi connectivity index (χ1v) is 9.56. The Labute approximate surface area is 153 Å². The number of benzene rings is 1. The molecule has 1 unspecified atom stereocenters. The summed E-state index contributed by atoms with van der Waals surface area (Å²) in [5.74, 6) is 0.124. The molecule has 1 aromatic rings. The van der Waals surface area contributed by atoms with Crippen molar-refractivity contribution in [2.24, 2.45) is 5.92 Å². The number of likely N-dealkylation sites (tertiary alicyclic amines) is 1. The van der Waals surface area contributed by atoms with Crippen molar-refractivity contribution < 1.29 is 18.0 Å². The van der Waals surface area contributed by atoms with Crippen LogP contribution in [0.5, 0.6) is 0 Å². The lowest BCUT2D eigenvalue weighted by Crippen LogP contribution is -2.38. The van der Waals surface area contributed by atoms with Crippen LogP contribution in [-0.2, 0) is 12.8 Å². The molecule has 0 N–H and O–H groups in total. The van der Waals surface area contributed by atoms with Gasteiger partial charge in [0.25, 0.3) is 5.91 Å². The van der Waals surface area contributed by atoms with E-state index in [-0.39, 0.29) is 11.8 Å². The first kappa shape index (κ1) is 19.2. The molecule has 1 aliphatic heterocycles. The van der Waals surface area contributed by atoms with Crippen molar-refractivity contribution >= 4 is 5.91 Å². The summed E-state index contributed by atoms with van der Waals surface area (Å²) in [7, 11) is 0. The third-order valence-electron chi connectivity index (χ3n) is 5.54. The molecule has 1 aliphatic carbocycles. The SMILES string of the molecule is CCN(CC1CCN(C(=O)c2ccc3c(c2)CCCC3)C1)CC(F)(F)F. The summed E-state index contributed by atoms with van der Waals surface area (Å²) in [6, 6.07) is 5.99. The molecule has 1 amide bonds. The topological polar surface area (TPSA) is 23.6 Å². The number of alkyl halides is 3. The number of rotatable bonds is 5. The summed E-state index contributed by atoms with van der Waals surface area (Å²) in [6.07, 6.45) is 1.09. The van der Waals surface area contributed by atoms with E-state index in [1.54, 1.807) is 11.8 Å². The van der Waals surface area contributed by atoms with Gasteiger partial charge in [0.2, 0.25) is 0 Å². The van der Waals surface area contributed by atoms with Crippen molar-refractivity contribution in [3.8, 4) is 0 Å². The zero-order valence-corrected chi connectivity index (χ0v) is 15.3. The summed E-state index contributed by atoms with van der Waals surface area (Å²) in [5, 5.41) is 0. The van der Waals surface area contributed by atoms with Gasteiger partial charge in [-0.15, -0.1) is 0 Å². The van der Waals surface area contributed by atoms with Crippen molar-refractivity contribution in [2.45, 2.75) is 45.2 Å². The van der Waals surface area contributed by atoms with Crippen LogP contribution in [0.4, 0.5) is 13.2 Å². The Morgan fingerprint density at radius 1 is 1.23 bits per heavy atom. The molecular formula is C20H27F3N2O. The van der Waals surface area contributed by atoms with Crippen molar-refractivity contribution in [3.63, 3.8) is 0 Å². The lowest BCUT2D eigenvalue weighted by atomic mass is 9.90. The van der Waals surface area contributed by atoms with E-state index >= 15 is 0 Å². The smallest absolute Gasteiger partial charge is 0.338 e. The predicted octanol–water partition coefficient (Wildman–Crippen LogP) is 3.91. The Morgan fingerprint density at radius 3 is 2.65 bits per heavy atom. The fourth-order valence-corrected chi connectivity index (χ4v) is 4.14. The summed E-state index contributed by atoms with van der Waals surface area (Å²) in [6.45, 7) is 2.81. The van der Waals surface area contributed by atoms with Crippen LogP contribution < -0.4 is 0 Å². The van der Waals surface area contributed by atoms with Crippen LogP contribution in [0.25, 0.3) is 0 Å².